The third-order valence-electron chi connectivity index (χ3n) is 3.24. The average Bonchev–Trinajstić information content (AvgIpc) is 2.91. The van der Waals surface area contributed by atoms with Crippen LogP contribution < -0.4 is 4.74 Å². The van der Waals surface area contributed by atoms with E-state index in [1.54, 1.807) is 24.3 Å². The fourth-order valence-corrected chi connectivity index (χ4v) is 2.41. The summed E-state index contributed by atoms with van der Waals surface area (Å²) in [6.07, 6.45) is 1.65. The van der Waals surface area contributed by atoms with E-state index in [9.17, 15) is 4.79 Å². The molecule has 0 aromatic heterocycles. The molecule has 0 spiro atoms. The fraction of sp³-hybridized carbons (Fsp3) is 0.111. The van der Waals surface area contributed by atoms with Gasteiger partial charge in [0.05, 0.1) is 17.2 Å². The number of para-hydroxylation sites is 1. The Kier molecular flexibility index (Phi) is 4.44. The Morgan fingerprint density at radius 1 is 1.17 bits per heavy atom. The van der Waals surface area contributed by atoms with Crippen molar-refractivity contribution in [3.8, 4) is 5.75 Å². The van der Waals surface area contributed by atoms with Crippen LogP contribution in [0.4, 0.5) is 0 Å². The molecule has 0 amide bonds. The Hall–Kier alpha value is -2.59. The number of cyclic esters (lactones) is 1. The molecule has 0 atom stereocenters. The standard InChI is InChI=1S/C18H14ClNO3/c1-2-22-16-10-6-3-7-12(16)11-15-18(21)23-17(20-15)13-8-4-5-9-14(13)19/h3-11H,2H2,1H3. The molecule has 0 bridgehead atoms. The van der Waals surface area contributed by atoms with E-state index in [0.29, 0.717) is 22.9 Å². The molecule has 0 saturated carbocycles. The maximum atomic E-state index is 12.1. The zero-order valence-electron chi connectivity index (χ0n) is 12.5. The van der Waals surface area contributed by atoms with Crippen LogP contribution in [0.2, 0.25) is 5.02 Å². The highest BCUT2D eigenvalue weighted by atomic mass is 35.5. The molecule has 1 aliphatic rings. The Morgan fingerprint density at radius 3 is 2.70 bits per heavy atom. The van der Waals surface area contributed by atoms with Crippen LogP contribution in [-0.4, -0.2) is 18.5 Å². The van der Waals surface area contributed by atoms with Crippen molar-refractivity contribution in [1.82, 2.24) is 0 Å². The second kappa shape index (κ2) is 6.67. The summed E-state index contributed by atoms with van der Waals surface area (Å²) in [6, 6.07) is 14.5. The minimum atomic E-state index is -0.508. The molecule has 0 saturated heterocycles. The van der Waals surface area contributed by atoms with E-state index >= 15 is 0 Å². The zero-order valence-corrected chi connectivity index (χ0v) is 13.2. The lowest BCUT2D eigenvalue weighted by molar-refractivity contribution is -0.129. The maximum Gasteiger partial charge on any atom is 0.363 e. The number of ether oxygens (including phenoxy) is 2. The van der Waals surface area contributed by atoms with Crippen LogP contribution in [0.15, 0.2) is 59.2 Å². The minimum Gasteiger partial charge on any atom is -0.493 e. The van der Waals surface area contributed by atoms with Crippen molar-refractivity contribution in [2.24, 2.45) is 4.99 Å². The van der Waals surface area contributed by atoms with E-state index in [1.807, 2.05) is 37.3 Å². The number of halogens is 1. The molecule has 0 N–H and O–H groups in total. The number of carbonyl (C=O) groups excluding carboxylic acids is 1. The van der Waals surface area contributed by atoms with Gasteiger partial charge >= 0.3 is 5.97 Å². The molecule has 3 rings (SSSR count). The topological polar surface area (TPSA) is 47.9 Å². The summed E-state index contributed by atoms with van der Waals surface area (Å²) >= 11 is 6.11. The number of carbonyl (C=O) groups is 1. The van der Waals surface area contributed by atoms with Crippen molar-refractivity contribution >= 4 is 29.5 Å². The molecule has 23 heavy (non-hydrogen) atoms. The molecule has 1 heterocycles. The molecule has 1 aliphatic heterocycles. The van der Waals surface area contributed by atoms with E-state index in [0.717, 1.165) is 5.56 Å². The number of hydrogen-bond acceptors (Lipinski definition) is 4. The molecule has 4 nitrogen and oxygen atoms in total. The first-order valence-electron chi connectivity index (χ1n) is 7.18. The van der Waals surface area contributed by atoms with Gasteiger partial charge in [0.15, 0.2) is 5.70 Å². The molecule has 2 aromatic carbocycles. The summed E-state index contributed by atoms with van der Waals surface area (Å²) in [5, 5.41) is 0.481. The zero-order chi connectivity index (χ0) is 16.2. The predicted octanol–water partition coefficient (Wildman–Crippen LogP) is 4.08. The molecular formula is C18H14ClNO3. The molecule has 5 heteroatoms. The molecular weight excluding hydrogens is 314 g/mol. The Balaban J connectivity index is 1.98. The fourth-order valence-electron chi connectivity index (χ4n) is 2.19. The average molecular weight is 328 g/mol. The monoisotopic (exact) mass is 327 g/mol. The number of rotatable bonds is 4. The maximum absolute atomic E-state index is 12.1. The highest BCUT2D eigenvalue weighted by Gasteiger charge is 2.25. The molecule has 0 aliphatic carbocycles. The molecule has 0 fully saturated rings. The van der Waals surface area contributed by atoms with E-state index in [2.05, 4.69) is 4.99 Å². The predicted molar refractivity (Wildman–Crippen MR) is 89.7 cm³/mol. The van der Waals surface area contributed by atoms with Crippen LogP contribution in [0.25, 0.3) is 6.08 Å². The lowest BCUT2D eigenvalue weighted by Crippen LogP contribution is -2.05. The second-order valence-corrected chi connectivity index (χ2v) is 5.19. The first-order valence-corrected chi connectivity index (χ1v) is 7.56. The van der Waals surface area contributed by atoms with Gasteiger partial charge in [0.25, 0.3) is 0 Å². The third kappa shape index (κ3) is 3.27. The molecule has 0 unspecified atom stereocenters. The highest BCUT2D eigenvalue weighted by Crippen LogP contribution is 2.26. The summed E-state index contributed by atoms with van der Waals surface area (Å²) in [5.41, 5.74) is 1.57. The Morgan fingerprint density at radius 2 is 1.91 bits per heavy atom. The summed E-state index contributed by atoms with van der Waals surface area (Å²) in [4.78, 5) is 16.3. The van der Waals surface area contributed by atoms with Crippen molar-refractivity contribution in [3.05, 3.63) is 70.4 Å². The van der Waals surface area contributed by atoms with Crippen molar-refractivity contribution < 1.29 is 14.3 Å². The Labute approximate surface area is 139 Å². The number of nitrogens with zero attached hydrogens (tertiary/aromatic N) is 1. The first-order chi connectivity index (χ1) is 11.2. The van der Waals surface area contributed by atoms with Crippen molar-refractivity contribution in [2.45, 2.75) is 6.92 Å². The van der Waals surface area contributed by atoms with Gasteiger partial charge in [-0.05, 0) is 31.2 Å². The van der Waals surface area contributed by atoms with Gasteiger partial charge in [-0.1, -0.05) is 41.9 Å². The van der Waals surface area contributed by atoms with Gasteiger partial charge in [-0.3, -0.25) is 0 Å². The van der Waals surface area contributed by atoms with Crippen LogP contribution in [0.1, 0.15) is 18.1 Å². The van der Waals surface area contributed by atoms with E-state index < -0.39 is 5.97 Å². The summed E-state index contributed by atoms with van der Waals surface area (Å²) in [5.74, 6) is 0.392. The smallest absolute Gasteiger partial charge is 0.363 e. The quantitative estimate of drug-likeness (QED) is 0.628. The number of hydrogen-bond donors (Lipinski definition) is 0. The van der Waals surface area contributed by atoms with Gasteiger partial charge in [-0.2, -0.15) is 0 Å². The van der Waals surface area contributed by atoms with Crippen molar-refractivity contribution in [1.29, 1.82) is 0 Å². The van der Waals surface area contributed by atoms with Crippen molar-refractivity contribution in [2.75, 3.05) is 6.61 Å². The van der Waals surface area contributed by atoms with E-state index in [1.165, 1.54) is 0 Å². The normalized spacial score (nSPS) is 15.5. The van der Waals surface area contributed by atoms with Gasteiger partial charge < -0.3 is 9.47 Å². The van der Waals surface area contributed by atoms with Crippen LogP contribution >= 0.6 is 11.6 Å². The second-order valence-electron chi connectivity index (χ2n) is 4.79. The highest BCUT2D eigenvalue weighted by molar-refractivity contribution is 6.34. The number of aliphatic imine (C=N–C) groups is 1. The van der Waals surface area contributed by atoms with E-state index in [-0.39, 0.29) is 11.6 Å². The summed E-state index contributed by atoms with van der Waals surface area (Å²) < 4.78 is 10.8. The van der Waals surface area contributed by atoms with Crippen LogP contribution in [0.5, 0.6) is 5.75 Å². The van der Waals surface area contributed by atoms with E-state index in [4.69, 9.17) is 21.1 Å². The van der Waals surface area contributed by atoms with Gasteiger partial charge in [0.1, 0.15) is 5.75 Å². The lowest BCUT2D eigenvalue weighted by atomic mass is 10.1. The number of esters is 1. The minimum absolute atomic E-state index is 0.209. The Bertz CT molecular complexity index is 811. The number of benzene rings is 2. The largest absolute Gasteiger partial charge is 0.493 e. The summed E-state index contributed by atoms with van der Waals surface area (Å²) in [6.45, 7) is 2.44. The molecule has 0 radical (unpaired) electrons. The van der Waals surface area contributed by atoms with Gasteiger partial charge in [-0.15, -0.1) is 0 Å². The van der Waals surface area contributed by atoms with Gasteiger partial charge in [0, 0.05) is 5.56 Å². The van der Waals surface area contributed by atoms with Crippen LogP contribution in [-0.2, 0) is 9.53 Å². The molecule has 2 aromatic rings. The van der Waals surface area contributed by atoms with Crippen LogP contribution in [0.3, 0.4) is 0 Å². The lowest BCUT2D eigenvalue weighted by Gasteiger charge is -2.06. The summed E-state index contributed by atoms with van der Waals surface area (Å²) in [7, 11) is 0. The first kappa shape index (κ1) is 15.3. The SMILES string of the molecule is CCOc1ccccc1C=C1N=C(c2ccccc2Cl)OC1=O. The van der Waals surface area contributed by atoms with Gasteiger partial charge in [0.2, 0.25) is 5.90 Å². The third-order valence-corrected chi connectivity index (χ3v) is 3.57. The van der Waals surface area contributed by atoms with Gasteiger partial charge in [-0.25, -0.2) is 9.79 Å². The molecule has 116 valence electrons. The van der Waals surface area contributed by atoms with Crippen LogP contribution in [0, 0.1) is 0 Å². The van der Waals surface area contributed by atoms with Crippen molar-refractivity contribution in [3.63, 3.8) is 0 Å².